The van der Waals surface area contributed by atoms with Crippen LogP contribution in [0.3, 0.4) is 0 Å². The summed E-state index contributed by atoms with van der Waals surface area (Å²) in [6.07, 6.45) is 2.28. The SMILES string of the molecule is Nc1cc(F)ccc1CN1CCCc2ccccc21. The average molecular weight is 256 g/mol. The van der Waals surface area contributed by atoms with Crippen LogP contribution in [0.1, 0.15) is 17.5 Å². The Balaban J connectivity index is 1.88. The highest BCUT2D eigenvalue weighted by molar-refractivity contribution is 5.57. The molecule has 19 heavy (non-hydrogen) atoms. The summed E-state index contributed by atoms with van der Waals surface area (Å²) in [7, 11) is 0. The number of hydrogen-bond donors (Lipinski definition) is 1. The van der Waals surface area contributed by atoms with Crippen molar-refractivity contribution in [1.29, 1.82) is 0 Å². The number of halogens is 1. The second-order valence-electron chi connectivity index (χ2n) is 5.00. The van der Waals surface area contributed by atoms with E-state index in [9.17, 15) is 4.39 Å². The molecule has 1 aliphatic rings. The molecule has 1 aliphatic heterocycles. The number of para-hydroxylation sites is 1. The summed E-state index contributed by atoms with van der Waals surface area (Å²) >= 11 is 0. The molecule has 0 fully saturated rings. The van der Waals surface area contributed by atoms with Gasteiger partial charge >= 0.3 is 0 Å². The number of benzene rings is 2. The monoisotopic (exact) mass is 256 g/mol. The first-order valence-electron chi connectivity index (χ1n) is 6.61. The zero-order valence-corrected chi connectivity index (χ0v) is 10.8. The average Bonchev–Trinajstić information content (AvgIpc) is 2.42. The Morgan fingerprint density at radius 3 is 2.84 bits per heavy atom. The van der Waals surface area contributed by atoms with Crippen LogP contribution in [0.5, 0.6) is 0 Å². The van der Waals surface area contributed by atoms with Gasteiger partial charge in [-0.2, -0.15) is 0 Å². The molecule has 2 aromatic carbocycles. The number of aryl methyl sites for hydroxylation is 1. The maximum Gasteiger partial charge on any atom is 0.125 e. The summed E-state index contributed by atoms with van der Waals surface area (Å²) < 4.78 is 13.1. The van der Waals surface area contributed by atoms with E-state index < -0.39 is 0 Å². The lowest BCUT2D eigenvalue weighted by molar-refractivity contribution is 0.627. The van der Waals surface area contributed by atoms with Crippen LogP contribution in [0.4, 0.5) is 15.8 Å². The number of nitrogens with two attached hydrogens (primary N) is 1. The fourth-order valence-corrected chi connectivity index (χ4v) is 2.69. The highest BCUT2D eigenvalue weighted by atomic mass is 19.1. The van der Waals surface area contributed by atoms with E-state index in [-0.39, 0.29) is 5.82 Å². The minimum Gasteiger partial charge on any atom is -0.398 e. The van der Waals surface area contributed by atoms with Gasteiger partial charge in [0.25, 0.3) is 0 Å². The van der Waals surface area contributed by atoms with E-state index in [4.69, 9.17) is 5.73 Å². The van der Waals surface area contributed by atoms with Gasteiger partial charge in [0, 0.05) is 24.5 Å². The summed E-state index contributed by atoms with van der Waals surface area (Å²) in [5, 5.41) is 0. The molecule has 2 N–H and O–H groups in total. The van der Waals surface area contributed by atoms with Crippen molar-refractivity contribution in [1.82, 2.24) is 0 Å². The Kier molecular flexibility index (Phi) is 3.11. The van der Waals surface area contributed by atoms with Crippen LogP contribution in [0.25, 0.3) is 0 Å². The van der Waals surface area contributed by atoms with Gasteiger partial charge in [-0.1, -0.05) is 24.3 Å². The molecule has 2 nitrogen and oxygen atoms in total. The Morgan fingerprint density at radius 1 is 1.16 bits per heavy atom. The van der Waals surface area contributed by atoms with Crippen LogP contribution in [0.15, 0.2) is 42.5 Å². The summed E-state index contributed by atoms with van der Waals surface area (Å²) in [4.78, 5) is 2.32. The van der Waals surface area contributed by atoms with Gasteiger partial charge in [0.1, 0.15) is 5.82 Å². The predicted octanol–water partition coefficient (Wildman–Crippen LogP) is 3.36. The van der Waals surface area contributed by atoms with E-state index in [2.05, 4.69) is 29.2 Å². The molecule has 0 saturated heterocycles. The predicted molar refractivity (Wildman–Crippen MR) is 76.6 cm³/mol. The van der Waals surface area contributed by atoms with E-state index in [1.165, 1.54) is 23.4 Å². The smallest absolute Gasteiger partial charge is 0.125 e. The molecule has 0 bridgehead atoms. The first-order chi connectivity index (χ1) is 9.24. The van der Waals surface area contributed by atoms with Gasteiger partial charge in [-0.3, -0.25) is 0 Å². The molecule has 0 spiro atoms. The Hall–Kier alpha value is -2.03. The van der Waals surface area contributed by atoms with Crippen LogP contribution in [-0.4, -0.2) is 6.54 Å². The second kappa shape index (κ2) is 4.92. The second-order valence-corrected chi connectivity index (χ2v) is 5.00. The maximum atomic E-state index is 13.1. The molecule has 0 aliphatic carbocycles. The first kappa shape index (κ1) is 12.0. The summed E-state index contributed by atoms with van der Waals surface area (Å²) in [5.74, 6) is -0.278. The largest absolute Gasteiger partial charge is 0.398 e. The minimum atomic E-state index is -0.278. The molecule has 0 saturated carbocycles. The molecule has 3 rings (SSSR count). The van der Waals surface area contributed by atoms with Gasteiger partial charge in [0.15, 0.2) is 0 Å². The zero-order valence-electron chi connectivity index (χ0n) is 10.8. The van der Waals surface area contributed by atoms with E-state index >= 15 is 0 Å². The van der Waals surface area contributed by atoms with Crippen LogP contribution in [0, 0.1) is 5.82 Å². The Labute approximate surface area is 112 Å². The fourth-order valence-electron chi connectivity index (χ4n) is 2.69. The van der Waals surface area contributed by atoms with Crippen LogP contribution in [0.2, 0.25) is 0 Å². The first-order valence-corrected chi connectivity index (χ1v) is 6.61. The van der Waals surface area contributed by atoms with Gasteiger partial charge in [-0.05, 0) is 42.2 Å². The van der Waals surface area contributed by atoms with Crippen LogP contribution < -0.4 is 10.6 Å². The standard InChI is InChI=1S/C16H17FN2/c17-14-8-7-13(15(18)10-14)11-19-9-3-5-12-4-1-2-6-16(12)19/h1-2,4,6-8,10H,3,5,9,11,18H2. The number of rotatable bonds is 2. The molecule has 98 valence electrons. The third kappa shape index (κ3) is 2.41. The quantitative estimate of drug-likeness (QED) is 0.835. The zero-order chi connectivity index (χ0) is 13.2. The summed E-state index contributed by atoms with van der Waals surface area (Å²) in [5.41, 5.74) is 10.1. The summed E-state index contributed by atoms with van der Waals surface area (Å²) in [6, 6.07) is 13.1. The van der Waals surface area contributed by atoms with Crippen molar-refractivity contribution in [2.24, 2.45) is 0 Å². The normalized spacial score (nSPS) is 14.3. The van der Waals surface area contributed by atoms with Crippen molar-refractivity contribution >= 4 is 11.4 Å². The lowest BCUT2D eigenvalue weighted by Gasteiger charge is -2.31. The lowest BCUT2D eigenvalue weighted by Crippen LogP contribution is -2.29. The minimum absolute atomic E-state index is 0.278. The van der Waals surface area contributed by atoms with Gasteiger partial charge in [-0.15, -0.1) is 0 Å². The number of anilines is 2. The number of nitrogens with zero attached hydrogens (tertiary/aromatic N) is 1. The fraction of sp³-hybridized carbons (Fsp3) is 0.250. The summed E-state index contributed by atoms with van der Waals surface area (Å²) in [6.45, 7) is 1.76. The van der Waals surface area contributed by atoms with Gasteiger partial charge in [-0.25, -0.2) is 4.39 Å². The lowest BCUT2D eigenvalue weighted by atomic mass is 10.0. The molecule has 2 aromatic rings. The van der Waals surface area contributed by atoms with Crippen LogP contribution in [-0.2, 0) is 13.0 Å². The molecule has 0 unspecified atom stereocenters. The molecule has 0 radical (unpaired) electrons. The van der Waals surface area contributed by atoms with Crippen molar-refractivity contribution < 1.29 is 4.39 Å². The molecule has 0 atom stereocenters. The number of fused-ring (bicyclic) bond motifs is 1. The topological polar surface area (TPSA) is 29.3 Å². The number of nitrogen functional groups attached to an aromatic ring is 1. The third-order valence-corrected chi connectivity index (χ3v) is 3.68. The van der Waals surface area contributed by atoms with Crippen molar-refractivity contribution in [3.63, 3.8) is 0 Å². The molecule has 0 amide bonds. The van der Waals surface area contributed by atoms with Gasteiger partial charge in [0.2, 0.25) is 0 Å². The van der Waals surface area contributed by atoms with E-state index in [0.717, 1.165) is 31.5 Å². The molecule has 0 aromatic heterocycles. The molecule has 3 heteroatoms. The van der Waals surface area contributed by atoms with Crippen molar-refractivity contribution in [3.05, 3.63) is 59.4 Å². The molecule has 1 heterocycles. The highest BCUT2D eigenvalue weighted by Crippen LogP contribution is 2.29. The Morgan fingerprint density at radius 2 is 2.00 bits per heavy atom. The Bertz CT molecular complexity index is 595. The van der Waals surface area contributed by atoms with E-state index in [1.807, 2.05) is 0 Å². The van der Waals surface area contributed by atoms with E-state index in [1.54, 1.807) is 6.07 Å². The van der Waals surface area contributed by atoms with Crippen LogP contribution >= 0.6 is 0 Å². The van der Waals surface area contributed by atoms with Crippen molar-refractivity contribution in [2.45, 2.75) is 19.4 Å². The van der Waals surface area contributed by atoms with E-state index in [0.29, 0.717) is 5.69 Å². The number of hydrogen-bond acceptors (Lipinski definition) is 2. The highest BCUT2D eigenvalue weighted by Gasteiger charge is 2.17. The van der Waals surface area contributed by atoms with Crippen molar-refractivity contribution in [2.75, 3.05) is 17.2 Å². The third-order valence-electron chi connectivity index (χ3n) is 3.68. The molecular formula is C16H17FN2. The van der Waals surface area contributed by atoms with Crippen molar-refractivity contribution in [3.8, 4) is 0 Å². The maximum absolute atomic E-state index is 13.1. The van der Waals surface area contributed by atoms with Gasteiger partial charge in [0.05, 0.1) is 0 Å². The molecular weight excluding hydrogens is 239 g/mol. The van der Waals surface area contributed by atoms with Gasteiger partial charge < -0.3 is 10.6 Å².